The van der Waals surface area contributed by atoms with E-state index in [9.17, 15) is 4.79 Å². The molecule has 5 nitrogen and oxygen atoms in total. The summed E-state index contributed by atoms with van der Waals surface area (Å²) in [6, 6.07) is 14.5. The quantitative estimate of drug-likeness (QED) is 0.536. The zero-order valence-corrected chi connectivity index (χ0v) is 16.4. The van der Waals surface area contributed by atoms with Gasteiger partial charge in [-0.25, -0.2) is 4.79 Å². The lowest BCUT2D eigenvalue weighted by Crippen LogP contribution is -2.08. The fourth-order valence-electron chi connectivity index (χ4n) is 2.65. The Balaban J connectivity index is 2.02. The minimum Gasteiger partial charge on any atom is -0.497 e. The minimum atomic E-state index is -0.465. The molecule has 0 radical (unpaired) electrons. The first-order chi connectivity index (χ1) is 13.0. The molecule has 3 aromatic rings. The van der Waals surface area contributed by atoms with Crippen LogP contribution in [0.25, 0.3) is 11.3 Å². The molecule has 0 unspecified atom stereocenters. The number of aromatic nitrogens is 2. The van der Waals surface area contributed by atoms with Crippen LogP contribution in [0.1, 0.15) is 23.0 Å². The summed E-state index contributed by atoms with van der Waals surface area (Å²) in [6.45, 7) is 2.43. The topological polar surface area (TPSA) is 53.4 Å². The maximum Gasteiger partial charge on any atom is 0.358 e. The molecule has 140 valence electrons. The molecule has 0 fully saturated rings. The summed E-state index contributed by atoms with van der Waals surface area (Å²) in [7, 11) is 1.61. The van der Waals surface area contributed by atoms with Gasteiger partial charge in [-0.15, -0.1) is 0 Å². The number of rotatable bonds is 6. The number of nitrogens with zero attached hydrogens (tertiary/aromatic N) is 2. The maximum absolute atomic E-state index is 12.1. The van der Waals surface area contributed by atoms with E-state index in [1.807, 2.05) is 30.3 Å². The molecular weight excluding hydrogens is 387 g/mol. The Bertz CT molecular complexity index is 952. The van der Waals surface area contributed by atoms with Gasteiger partial charge in [-0.1, -0.05) is 29.3 Å². The van der Waals surface area contributed by atoms with Gasteiger partial charge in [0.05, 0.1) is 26.0 Å². The molecule has 0 aliphatic rings. The largest absolute Gasteiger partial charge is 0.497 e. The number of carbonyl (C=O) groups is 1. The standard InChI is InChI=1S/C20H18Cl2N2O3/c1-3-27-20(25)18-11-19(13-5-8-16(26-2)9-6-13)24(23-18)12-14-4-7-15(21)10-17(14)22/h4-11H,3,12H2,1-2H3. The van der Waals surface area contributed by atoms with Crippen LogP contribution < -0.4 is 4.74 Å². The number of esters is 1. The molecule has 0 atom stereocenters. The van der Waals surface area contributed by atoms with Gasteiger partial charge in [0.15, 0.2) is 5.69 Å². The molecule has 0 amide bonds. The fraction of sp³-hybridized carbons (Fsp3) is 0.200. The van der Waals surface area contributed by atoms with E-state index in [4.69, 9.17) is 32.7 Å². The van der Waals surface area contributed by atoms with Crippen LogP contribution >= 0.6 is 23.2 Å². The number of ether oxygens (including phenoxy) is 2. The summed E-state index contributed by atoms with van der Waals surface area (Å²) in [5.74, 6) is 0.282. The highest BCUT2D eigenvalue weighted by atomic mass is 35.5. The second-order valence-corrected chi connectivity index (χ2v) is 6.60. The first-order valence-corrected chi connectivity index (χ1v) is 9.10. The van der Waals surface area contributed by atoms with Crippen LogP contribution in [0.4, 0.5) is 0 Å². The summed E-state index contributed by atoms with van der Waals surface area (Å²) in [4.78, 5) is 12.1. The number of hydrogen-bond donors (Lipinski definition) is 0. The molecule has 1 heterocycles. The van der Waals surface area contributed by atoms with Crippen LogP contribution in [-0.2, 0) is 11.3 Å². The summed E-state index contributed by atoms with van der Waals surface area (Å²) < 4.78 is 12.0. The van der Waals surface area contributed by atoms with Gasteiger partial charge in [-0.05, 0) is 55.0 Å². The van der Waals surface area contributed by atoms with Crippen molar-refractivity contribution in [2.45, 2.75) is 13.5 Å². The minimum absolute atomic E-state index is 0.243. The average molecular weight is 405 g/mol. The molecule has 0 spiro atoms. The van der Waals surface area contributed by atoms with Crippen LogP contribution in [0.2, 0.25) is 10.0 Å². The Morgan fingerprint density at radius 1 is 1.11 bits per heavy atom. The molecule has 0 bridgehead atoms. The Kier molecular flexibility index (Phi) is 6.04. The number of halogens is 2. The Morgan fingerprint density at radius 2 is 1.85 bits per heavy atom. The zero-order valence-electron chi connectivity index (χ0n) is 14.9. The zero-order chi connectivity index (χ0) is 19.4. The maximum atomic E-state index is 12.1. The van der Waals surface area contributed by atoms with Crippen molar-refractivity contribution >= 4 is 29.2 Å². The van der Waals surface area contributed by atoms with Crippen molar-refractivity contribution in [3.8, 4) is 17.0 Å². The van der Waals surface area contributed by atoms with E-state index in [0.717, 1.165) is 22.6 Å². The van der Waals surface area contributed by atoms with Gasteiger partial charge in [0.25, 0.3) is 0 Å². The molecule has 0 aliphatic heterocycles. The molecule has 7 heteroatoms. The summed E-state index contributed by atoms with van der Waals surface area (Å²) >= 11 is 12.3. The lowest BCUT2D eigenvalue weighted by molar-refractivity contribution is 0.0518. The smallest absolute Gasteiger partial charge is 0.358 e. The van der Waals surface area contributed by atoms with Gasteiger partial charge >= 0.3 is 5.97 Å². The average Bonchev–Trinajstić information content (AvgIpc) is 3.08. The molecule has 0 saturated carbocycles. The van der Waals surface area contributed by atoms with E-state index in [-0.39, 0.29) is 12.3 Å². The third-order valence-electron chi connectivity index (χ3n) is 3.99. The second-order valence-electron chi connectivity index (χ2n) is 5.76. The van der Waals surface area contributed by atoms with Crippen LogP contribution in [0.15, 0.2) is 48.5 Å². The van der Waals surface area contributed by atoms with Crippen LogP contribution in [0.3, 0.4) is 0 Å². The van der Waals surface area contributed by atoms with Crippen molar-refractivity contribution in [3.05, 3.63) is 69.8 Å². The molecule has 0 saturated heterocycles. The van der Waals surface area contributed by atoms with Gasteiger partial charge in [-0.3, -0.25) is 4.68 Å². The lowest BCUT2D eigenvalue weighted by Gasteiger charge is -2.10. The summed E-state index contributed by atoms with van der Waals surface area (Å²) in [5.41, 5.74) is 2.75. The number of methoxy groups -OCH3 is 1. The van der Waals surface area contributed by atoms with Gasteiger partial charge in [0, 0.05) is 15.6 Å². The second kappa shape index (κ2) is 8.46. The van der Waals surface area contributed by atoms with Gasteiger partial charge in [-0.2, -0.15) is 5.10 Å². The van der Waals surface area contributed by atoms with E-state index in [2.05, 4.69) is 5.10 Å². The fourth-order valence-corrected chi connectivity index (χ4v) is 3.12. The van der Waals surface area contributed by atoms with Gasteiger partial charge < -0.3 is 9.47 Å². The van der Waals surface area contributed by atoms with Gasteiger partial charge in [0.2, 0.25) is 0 Å². The van der Waals surface area contributed by atoms with Crippen LogP contribution in [0.5, 0.6) is 5.75 Å². The van der Waals surface area contributed by atoms with E-state index >= 15 is 0 Å². The monoisotopic (exact) mass is 404 g/mol. The number of carbonyl (C=O) groups excluding carboxylic acids is 1. The Labute approximate surface area is 167 Å². The molecule has 1 aromatic heterocycles. The van der Waals surface area contributed by atoms with Crippen molar-refractivity contribution in [1.29, 1.82) is 0 Å². The van der Waals surface area contributed by atoms with E-state index in [1.165, 1.54) is 0 Å². The summed E-state index contributed by atoms with van der Waals surface area (Å²) in [6.07, 6.45) is 0. The Hall–Kier alpha value is -2.50. The first-order valence-electron chi connectivity index (χ1n) is 8.35. The third-order valence-corrected chi connectivity index (χ3v) is 4.57. The van der Waals surface area contributed by atoms with Crippen molar-refractivity contribution in [1.82, 2.24) is 9.78 Å². The molecule has 2 aromatic carbocycles. The predicted octanol–water partition coefficient (Wildman–Crippen LogP) is 5.09. The van der Waals surface area contributed by atoms with Crippen molar-refractivity contribution < 1.29 is 14.3 Å². The van der Waals surface area contributed by atoms with Crippen molar-refractivity contribution in [2.75, 3.05) is 13.7 Å². The Morgan fingerprint density at radius 3 is 2.48 bits per heavy atom. The number of benzene rings is 2. The molecule has 0 N–H and O–H groups in total. The normalized spacial score (nSPS) is 10.7. The lowest BCUT2D eigenvalue weighted by atomic mass is 10.1. The van der Waals surface area contributed by atoms with E-state index < -0.39 is 5.97 Å². The highest BCUT2D eigenvalue weighted by Gasteiger charge is 2.17. The van der Waals surface area contributed by atoms with Gasteiger partial charge in [0.1, 0.15) is 5.75 Å². The highest BCUT2D eigenvalue weighted by Crippen LogP contribution is 2.27. The SMILES string of the molecule is CCOC(=O)c1cc(-c2ccc(OC)cc2)n(Cc2ccc(Cl)cc2Cl)n1. The van der Waals surface area contributed by atoms with E-state index in [1.54, 1.807) is 36.9 Å². The van der Waals surface area contributed by atoms with Crippen LogP contribution in [0, 0.1) is 0 Å². The predicted molar refractivity (Wildman–Crippen MR) is 106 cm³/mol. The van der Waals surface area contributed by atoms with E-state index in [0.29, 0.717) is 16.6 Å². The van der Waals surface area contributed by atoms with Crippen LogP contribution in [-0.4, -0.2) is 29.5 Å². The molecule has 0 aliphatic carbocycles. The van der Waals surface area contributed by atoms with Crippen molar-refractivity contribution in [3.63, 3.8) is 0 Å². The first kappa shape index (κ1) is 19.3. The molecule has 27 heavy (non-hydrogen) atoms. The third kappa shape index (κ3) is 4.43. The number of hydrogen-bond acceptors (Lipinski definition) is 4. The molecular formula is C20H18Cl2N2O3. The highest BCUT2D eigenvalue weighted by molar-refractivity contribution is 6.35. The van der Waals surface area contributed by atoms with Crippen molar-refractivity contribution in [2.24, 2.45) is 0 Å². The molecule has 3 rings (SSSR count). The summed E-state index contributed by atoms with van der Waals surface area (Å²) in [5, 5.41) is 5.53.